The second-order valence-corrected chi connectivity index (χ2v) is 20.8. The van der Waals surface area contributed by atoms with Gasteiger partial charge < -0.3 is 9.13 Å². The van der Waals surface area contributed by atoms with Gasteiger partial charge in [0, 0.05) is 40.3 Å². The van der Waals surface area contributed by atoms with Gasteiger partial charge >= 0.3 is 0 Å². The molecular weight excluding hydrogens is 1060 g/mol. The van der Waals surface area contributed by atoms with Crippen molar-refractivity contribution < 1.29 is 24.2 Å². The molecule has 4 nitrogen and oxygen atoms in total. The van der Waals surface area contributed by atoms with Gasteiger partial charge in [-0.2, -0.15) is 11.3 Å². The molecule has 0 saturated heterocycles. The van der Waals surface area contributed by atoms with E-state index in [4.69, 9.17) is 14.1 Å². The van der Waals surface area contributed by atoms with Crippen molar-refractivity contribution in [2.24, 2.45) is 0 Å². The van der Waals surface area contributed by atoms with Gasteiger partial charge in [-0.25, -0.2) is 0 Å². The van der Waals surface area contributed by atoms with Gasteiger partial charge in [-0.3, -0.25) is 9.97 Å². The molecule has 0 saturated carbocycles. The largest absolute Gasteiger partial charge is 0.333 e. The molecule has 71 heavy (non-hydrogen) atoms. The van der Waals surface area contributed by atoms with E-state index in [1.807, 2.05) is 42.5 Å². The van der Waals surface area contributed by atoms with E-state index in [1.165, 1.54) is 44.4 Å². The summed E-state index contributed by atoms with van der Waals surface area (Å²) in [7, 11) is 0. The first kappa shape index (κ1) is 44.3. The van der Waals surface area contributed by atoms with Crippen LogP contribution >= 0.6 is 11.3 Å². The molecule has 6 heteroatoms. The minimum absolute atomic E-state index is 0. The maximum Gasteiger partial charge on any atom is 0.0774 e. The molecule has 9 aromatic carbocycles. The molecule has 0 N–H and O–H groups in total. The minimum atomic E-state index is -2.17. The zero-order valence-corrected chi connectivity index (χ0v) is 44.6. The van der Waals surface area contributed by atoms with Gasteiger partial charge in [0.05, 0.1) is 33.7 Å². The first-order valence-electron chi connectivity index (χ1n) is 26.1. The number of nitrogens with zero attached hydrogens (tertiary/aromatic N) is 4. The number of rotatable bonds is 8. The number of imidazole rings is 2. The monoisotopic (exact) mass is 1120 g/mol. The van der Waals surface area contributed by atoms with Gasteiger partial charge in [0.1, 0.15) is 0 Å². The van der Waals surface area contributed by atoms with Crippen LogP contribution in [0.3, 0.4) is 0 Å². The number of hydrogen-bond acceptors (Lipinski definition) is 3. The number of benzene rings is 9. The van der Waals surface area contributed by atoms with Crippen molar-refractivity contribution in [1.82, 2.24) is 19.1 Å². The van der Waals surface area contributed by atoms with Crippen molar-refractivity contribution in [3.63, 3.8) is 0 Å². The molecule has 0 spiro atoms. The van der Waals surface area contributed by atoms with Crippen molar-refractivity contribution >= 4 is 75.1 Å². The fourth-order valence-electron chi connectivity index (χ4n) is 10.4. The van der Waals surface area contributed by atoms with Gasteiger partial charge in [-0.1, -0.05) is 157 Å². The van der Waals surface area contributed by atoms with E-state index in [-0.39, 0.29) is 20.1 Å². The first-order valence-corrected chi connectivity index (χ1v) is 25.4. The Morgan fingerprint density at radius 1 is 0.479 bits per heavy atom. The van der Waals surface area contributed by atoms with Crippen LogP contribution in [0.2, 0.25) is 0 Å². The second-order valence-electron chi connectivity index (χ2n) is 19.7. The van der Waals surface area contributed by atoms with Gasteiger partial charge in [-0.05, 0) is 126 Å². The molecule has 0 bridgehead atoms. The predicted octanol–water partition coefficient (Wildman–Crippen LogP) is 18.5. The van der Waals surface area contributed by atoms with E-state index in [2.05, 4.69) is 192 Å². The zero-order chi connectivity index (χ0) is 50.9. The molecule has 0 amide bonds. The predicted molar refractivity (Wildman–Crippen MR) is 300 cm³/mol. The Kier molecular flexibility index (Phi) is 12.1. The quantitative estimate of drug-likeness (QED) is 0.112. The summed E-state index contributed by atoms with van der Waals surface area (Å²) in [6.07, 6.45) is 0. The summed E-state index contributed by atoms with van der Waals surface area (Å²) in [5, 5.41) is 6.26. The number of fused-ring (bicyclic) bond motifs is 8. The van der Waals surface area contributed by atoms with E-state index in [0.717, 1.165) is 75.8 Å². The number of hydrogen-bond donors (Lipinski definition) is 0. The number of thiophene rings is 1. The van der Waals surface area contributed by atoms with Crippen LogP contribution in [0.15, 0.2) is 164 Å². The van der Waals surface area contributed by atoms with Gasteiger partial charge in [-0.15, -0.1) is 54.1 Å². The first-order chi connectivity index (χ1) is 35.2. The van der Waals surface area contributed by atoms with E-state index in [0.29, 0.717) is 29.2 Å². The number of aryl methyl sites for hydroxylation is 1. The molecule has 1 radical (unpaired) electrons. The Balaban J connectivity index is 0.000000191. The third-order valence-electron chi connectivity index (χ3n) is 13.9. The van der Waals surface area contributed by atoms with Crippen LogP contribution in [-0.2, 0) is 20.1 Å². The Labute approximate surface area is 439 Å². The summed E-state index contributed by atoms with van der Waals surface area (Å²) >= 11 is 1.76. The van der Waals surface area contributed by atoms with Gasteiger partial charge in [0.2, 0.25) is 0 Å². The number of aromatic nitrogens is 4. The maximum absolute atomic E-state index is 8.09. The van der Waals surface area contributed by atoms with E-state index in [9.17, 15) is 0 Å². The van der Waals surface area contributed by atoms with E-state index in [1.54, 1.807) is 17.4 Å². The normalized spacial score (nSPS) is 12.6. The molecule has 0 aliphatic rings. The Morgan fingerprint density at radius 3 is 1.62 bits per heavy atom. The summed E-state index contributed by atoms with van der Waals surface area (Å²) in [5.74, 6) is 3.36. The Morgan fingerprint density at radius 2 is 1.04 bits per heavy atom. The number of para-hydroxylation sites is 6. The van der Waals surface area contributed by atoms with Crippen LogP contribution in [0.5, 0.6) is 0 Å². The van der Waals surface area contributed by atoms with Crippen LogP contribution in [0.1, 0.15) is 111 Å². The Bertz CT molecular complexity index is 3990. The smallest absolute Gasteiger partial charge is 0.0774 e. The molecule has 12 rings (SSSR count). The third-order valence-corrected chi connectivity index (χ3v) is 15.0. The third kappa shape index (κ3) is 8.40. The standard InChI is InChI=1S/C40H33N2S.C25H25N2.Ir/c1-23(2)27-12-9-13-28(24(3)4)38(27)42-36-18-7-6-17-35(36)41-40(42)32-16-10-15-31-34-21-26-19-20-29-25(5)11-8-14-30(29)33(26)22-37(34)43-39(31)32;1-17(2)20-13-10-14-21(18(3)4)24(20)27-23-16-9-8-15-22(23)26-25(27)19-11-6-5-7-12-19;/h6-15,17-24H,1-5H3;5-11,13-18H,1-4H3;/q2*-1;/i5D3;;. The topological polar surface area (TPSA) is 35.6 Å². The molecule has 0 atom stereocenters. The fourth-order valence-corrected chi connectivity index (χ4v) is 11.6. The summed E-state index contributed by atoms with van der Waals surface area (Å²) in [4.78, 5) is 10.3. The summed E-state index contributed by atoms with van der Waals surface area (Å²) in [6, 6.07) is 63.5. The van der Waals surface area contributed by atoms with E-state index < -0.39 is 6.85 Å². The van der Waals surface area contributed by atoms with Crippen LogP contribution in [0, 0.1) is 19.0 Å². The van der Waals surface area contributed by atoms with E-state index >= 15 is 0 Å². The van der Waals surface area contributed by atoms with Crippen molar-refractivity contribution in [3.05, 3.63) is 204 Å². The molecule has 0 aliphatic carbocycles. The van der Waals surface area contributed by atoms with Crippen molar-refractivity contribution in [1.29, 1.82) is 0 Å². The zero-order valence-electron chi connectivity index (χ0n) is 44.4. The van der Waals surface area contributed by atoms with Crippen LogP contribution < -0.4 is 0 Å². The molecule has 3 heterocycles. The SMILES string of the molecule is CC(C)c1cccc(C(C)C)c1-n1c(-c2[c-]cccc2)nc2ccccc21.[2H]C([2H])([2H])c1cccc2c1ccc1cc3c(cc12)sc1c(-c2nc4ccccc4n2-c2c(C(C)C)cccc2C(C)C)[c-]ccc13.[Ir]. The average molecular weight is 1120 g/mol. The molecule has 12 aromatic rings. The van der Waals surface area contributed by atoms with Gasteiger partial charge in [0.25, 0.3) is 0 Å². The average Bonchev–Trinajstić information content (AvgIpc) is 4.09. The maximum atomic E-state index is 8.09. The molecule has 0 unspecified atom stereocenters. The Hall–Kier alpha value is -6.69. The second kappa shape index (κ2) is 19.5. The van der Waals surface area contributed by atoms with Crippen LogP contribution in [-0.4, -0.2) is 19.1 Å². The summed E-state index contributed by atoms with van der Waals surface area (Å²) in [6.45, 7) is 15.9. The van der Waals surface area contributed by atoms with Crippen molar-refractivity contribution in [2.45, 2.75) is 85.9 Å². The van der Waals surface area contributed by atoms with Gasteiger partial charge in [0.15, 0.2) is 0 Å². The van der Waals surface area contributed by atoms with Crippen LogP contribution in [0.4, 0.5) is 0 Å². The molecule has 0 aliphatic heterocycles. The summed E-state index contributed by atoms with van der Waals surface area (Å²) in [5.41, 5.74) is 14.4. The molecular formula is C65H58IrN4S-2. The molecule has 355 valence electrons. The molecule has 3 aromatic heterocycles. The van der Waals surface area contributed by atoms with Crippen LogP contribution in [0.25, 0.3) is 97.9 Å². The van der Waals surface area contributed by atoms with Crippen molar-refractivity contribution in [2.75, 3.05) is 0 Å². The van der Waals surface area contributed by atoms with Crippen molar-refractivity contribution in [3.8, 4) is 34.2 Å². The molecule has 0 fully saturated rings. The summed E-state index contributed by atoms with van der Waals surface area (Å²) < 4.78 is 31.3. The minimum Gasteiger partial charge on any atom is -0.333 e. The fraction of sp³-hybridized carbons (Fsp3) is 0.200.